The lowest BCUT2D eigenvalue weighted by molar-refractivity contribution is 0.506. The highest BCUT2D eigenvalue weighted by atomic mass is 32.2. The number of hydrogen-bond donors (Lipinski definition) is 0. The van der Waals surface area contributed by atoms with Gasteiger partial charge in [0.15, 0.2) is 11.6 Å². The van der Waals surface area contributed by atoms with E-state index in [9.17, 15) is 8.78 Å². The molecule has 1 nitrogen and oxygen atoms in total. The lowest BCUT2D eigenvalue weighted by atomic mass is 10.3. The molecule has 1 aromatic rings. The van der Waals surface area contributed by atoms with Crippen molar-refractivity contribution >= 4 is 11.8 Å². The van der Waals surface area contributed by atoms with Crippen molar-refractivity contribution < 1.29 is 8.78 Å². The van der Waals surface area contributed by atoms with Crippen LogP contribution in [0.2, 0.25) is 0 Å². The van der Waals surface area contributed by atoms with E-state index < -0.39 is 11.6 Å². The molecule has 0 aromatic heterocycles. The Hall–Kier alpha value is -1.08. The molecule has 1 unspecified atom stereocenters. The predicted molar refractivity (Wildman–Crippen MR) is 51.9 cm³/mol. The molecule has 0 saturated heterocycles. The van der Waals surface area contributed by atoms with Crippen molar-refractivity contribution in [2.45, 2.75) is 23.5 Å². The second kappa shape index (κ2) is 4.97. The number of benzene rings is 1. The first kappa shape index (κ1) is 11.0. The highest BCUT2D eigenvalue weighted by Gasteiger charge is 2.08. The number of rotatable bonds is 3. The van der Waals surface area contributed by atoms with Crippen LogP contribution in [0.25, 0.3) is 0 Å². The van der Waals surface area contributed by atoms with Gasteiger partial charge in [0.2, 0.25) is 0 Å². The number of halogens is 2. The van der Waals surface area contributed by atoms with Crippen LogP contribution in [-0.4, -0.2) is 5.25 Å². The molecule has 0 saturated carbocycles. The van der Waals surface area contributed by atoms with Crippen LogP contribution in [0.3, 0.4) is 0 Å². The molecule has 0 amide bonds. The summed E-state index contributed by atoms with van der Waals surface area (Å²) in [7, 11) is 0. The van der Waals surface area contributed by atoms with E-state index >= 15 is 0 Å². The number of nitrogens with zero attached hydrogens (tertiary/aromatic N) is 1. The standard InChI is InChI=1S/C10H9F2NS/c1-2-7(6-13)14-8-3-4-9(11)10(12)5-8/h3-5,7H,2H2,1H3. The van der Waals surface area contributed by atoms with Crippen LogP contribution in [0, 0.1) is 23.0 Å². The van der Waals surface area contributed by atoms with E-state index in [1.54, 1.807) is 0 Å². The maximum atomic E-state index is 12.8. The zero-order valence-electron chi connectivity index (χ0n) is 7.63. The van der Waals surface area contributed by atoms with Gasteiger partial charge in [-0.3, -0.25) is 0 Å². The zero-order chi connectivity index (χ0) is 10.6. The van der Waals surface area contributed by atoms with Crippen LogP contribution in [0.15, 0.2) is 23.1 Å². The van der Waals surface area contributed by atoms with Gasteiger partial charge in [0.25, 0.3) is 0 Å². The van der Waals surface area contributed by atoms with Gasteiger partial charge >= 0.3 is 0 Å². The molecule has 0 spiro atoms. The van der Waals surface area contributed by atoms with Crippen molar-refractivity contribution in [2.75, 3.05) is 0 Å². The van der Waals surface area contributed by atoms with Crippen LogP contribution in [-0.2, 0) is 0 Å². The summed E-state index contributed by atoms with van der Waals surface area (Å²) in [6.45, 7) is 1.88. The lowest BCUT2D eigenvalue weighted by Gasteiger charge is -2.05. The minimum Gasteiger partial charge on any atom is -0.204 e. The van der Waals surface area contributed by atoms with Gasteiger partial charge in [-0.25, -0.2) is 8.78 Å². The fourth-order valence-corrected chi connectivity index (χ4v) is 1.78. The Morgan fingerprint density at radius 1 is 1.43 bits per heavy atom. The van der Waals surface area contributed by atoms with E-state index in [4.69, 9.17) is 5.26 Å². The molecule has 0 heterocycles. The minimum absolute atomic E-state index is 0.208. The van der Waals surface area contributed by atoms with Crippen molar-refractivity contribution in [1.29, 1.82) is 5.26 Å². The third-order valence-electron chi connectivity index (χ3n) is 1.68. The molecular formula is C10H9F2NS. The van der Waals surface area contributed by atoms with Crippen molar-refractivity contribution in [1.82, 2.24) is 0 Å². The Bertz CT molecular complexity index is 360. The van der Waals surface area contributed by atoms with Gasteiger partial charge in [-0.1, -0.05) is 6.92 Å². The first-order chi connectivity index (χ1) is 6.67. The molecular weight excluding hydrogens is 204 g/mol. The molecule has 0 bridgehead atoms. The van der Waals surface area contributed by atoms with Gasteiger partial charge in [-0.15, -0.1) is 11.8 Å². The minimum atomic E-state index is -0.872. The summed E-state index contributed by atoms with van der Waals surface area (Å²) in [6.07, 6.45) is 0.681. The molecule has 0 aliphatic heterocycles. The average molecular weight is 213 g/mol. The maximum absolute atomic E-state index is 12.8. The van der Waals surface area contributed by atoms with Gasteiger partial charge in [-0.05, 0) is 24.6 Å². The SMILES string of the molecule is CCC(C#N)Sc1ccc(F)c(F)c1. The van der Waals surface area contributed by atoms with E-state index in [0.29, 0.717) is 11.3 Å². The van der Waals surface area contributed by atoms with Crippen LogP contribution < -0.4 is 0 Å². The molecule has 0 fully saturated rings. The van der Waals surface area contributed by atoms with E-state index in [0.717, 1.165) is 12.1 Å². The molecule has 0 N–H and O–H groups in total. The van der Waals surface area contributed by atoms with Crippen molar-refractivity contribution in [2.24, 2.45) is 0 Å². The lowest BCUT2D eigenvalue weighted by Crippen LogP contribution is -1.95. The molecule has 0 aliphatic rings. The number of hydrogen-bond acceptors (Lipinski definition) is 2. The second-order valence-corrected chi connectivity index (χ2v) is 4.00. The third-order valence-corrected chi connectivity index (χ3v) is 2.93. The fourth-order valence-electron chi connectivity index (χ4n) is 0.915. The van der Waals surface area contributed by atoms with Crippen LogP contribution in [0.5, 0.6) is 0 Å². The molecule has 14 heavy (non-hydrogen) atoms. The molecule has 0 aliphatic carbocycles. The summed E-state index contributed by atoms with van der Waals surface area (Å²) >= 11 is 1.24. The van der Waals surface area contributed by atoms with E-state index in [2.05, 4.69) is 6.07 Å². The molecule has 74 valence electrons. The first-order valence-electron chi connectivity index (χ1n) is 4.18. The topological polar surface area (TPSA) is 23.8 Å². The Morgan fingerprint density at radius 3 is 2.64 bits per heavy atom. The van der Waals surface area contributed by atoms with Gasteiger partial charge in [0, 0.05) is 4.90 Å². The van der Waals surface area contributed by atoms with Gasteiger partial charge in [-0.2, -0.15) is 5.26 Å². The predicted octanol–water partition coefficient (Wildman–Crippen LogP) is 3.36. The quantitative estimate of drug-likeness (QED) is 0.719. The highest BCUT2D eigenvalue weighted by Crippen LogP contribution is 2.26. The van der Waals surface area contributed by atoms with Gasteiger partial charge in [0.05, 0.1) is 11.3 Å². The smallest absolute Gasteiger partial charge is 0.159 e. The summed E-state index contributed by atoms with van der Waals surface area (Å²) in [5, 5.41) is 8.46. The summed E-state index contributed by atoms with van der Waals surface area (Å²) in [5.74, 6) is -1.73. The second-order valence-electron chi connectivity index (χ2n) is 2.72. The number of nitriles is 1. The molecule has 4 heteroatoms. The Kier molecular flexibility index (Phi) is 3.90. The number of thioether (sulfide) groups is 1. The average Bonchev–Trinajstić information content (AvgIpc) is 2.19. The molecule has 0 radical (unpaired) electrons. The summed E-state index contributed by atoms with van der Waals surface area (Å²) in [5.41, 5.74) is 0. The van der Waals surface area contributed by atoms with Crippen LogP contribution >= 0.6 is 11.8 Å². The van der Waals surface area contributed by atoms with Crippen molar-refractivity contribution in [3.63, 3.8) is 0 Å². The van der Waals surface area contributed by atoms with Gasteiger partial charge < -0.3 is 0 Å². The molecule has 1 rings (SSSR count). The van der Waals surface area contributed by atoms with Crippen LogP contribution in [0.1, 0.15) is 13.3 Å². The fraction of sp³-hybridized carbons (Fsp3) is 0.300. The Balaban J connectivity index is 2.78. The Labute approximate surface area is 85.7 Å². The zero-order valence-corrected chi connectivity index (χ0v) is 8.44. The summed E-state index contributed by atoms with van der Waals surface area (Å²) < 4.78 is 25.3. The van der Waals surface area contributed by atoms with Gasteiger partial charge in [0.1, 0.15) is 0 Å². The molecule has 1 atom stereocenters. The van der Waals surface area contributed by atoms with E-state index in [1.165, 1.54) is 17.8 Å². The van der Waals surface area contributed by atoms with Crippen molar-refractivity contribution in [3.05, 3.63) is 29.8 Å². The maximum Gasteiger partial charge on any atom is 0.159 e. The Morgan fingerprint density at radius 2 is 2.14 bits per heavy atom. The highest BCUT2D eigenvalue weighted by molar-refractivity contribution is 8.00. The first-order valence-corrected chi connectivity index (χ1v) is 5.06. The monoisotopic (exact) mass is 213 g/mol. The van der Waals surface area contributed by atoms with E-state index in [-0.39, 0.29) is 5.25 Å². The third kappa shape index (κ3) is 2.71. The van der Waals surface area contributed by atoms with Crippen LogP contribution in [0.4, 0.5) is 8.78 Å². The van der Waals surface area contributed by atoms with Crippen molar-refractivity contribution in [3.8, 4) is 6.07 Å². The molecule has 1 aromatic carbocycles. The summed E-state index contributed by atoms with van der Waals surface area (Å²) in [6, 6.07) is 5.74. The van der Waals surface area contributed by atoms with E-state index in [1.807, 2.05) is 6.92 Å². The largest absolute Gasteiger partial charge is 0.204 e. The summed E-state index contributed by atoms with van der Waals surface area (Å²) in [4.78, 5) is 0.581. The normalized spacial score (nSPS) is 12.1.